The smallest absolute Gasteiger partial charge is 0.133 e. The van der Waals surface area contributed by atoms with E-state index in [4.69, 9.17) is 0 Å². The van der Waals surface area contributed by atoms with Crippen LogP contribution < -0.4 is 4.90 Å². The molecule has 1 heterocycles. The maximum absolute atomic E-state index is 4.56. The Balaban J connectivity index is 2.80. The van der Waals surface area contributed by atoms with E-state index in [2.05, 4.69) is 57.9 Å². The lowest BCUT2D eigenvalue weighted by Crippen LogP contribution is -2.30. The van der Waals surface area contributed by atoms with Crippen LogP contribution in [0.25, 0.3) is 0 Å². The molecule has 0 N–H and O–H groups in total. The van der Waals surface area contributed by atoms with Crippen LogP contribution in [0.5, 0.6) is 0 Å². The summed E-state index contributed by atoms with van der Waals surface area (Å²) >= 11 is 5.33. The van der Waals surface area contributed by atoms with Crippen LogP contribution in [0.1, 0.15) is 26.1 Å². The van der Waals surface area contributed by atoms with E-state index < -0.39 is 0 Å². The van der Waals surface area contributed by atoms with Crippen molar-refractivity contribution < 1.29 is 0 Å². The van der Waals surface area contributed by atoms with E-state index in [1.807, 2.05) is 17.8 Å². The minimum Gasteiger partial charge on any atom is -0.357 e. The van der Waals surface area contributed by atoms with Crippen molar-refractivity contribution in [3.8, 4) is 0 Å². The van der Waals surface area contributed by atoms with Gasteiger partial charge in [0, 0.05) is 25.6 Å². The van der Waals surface area contributed by atoms with Gasteiger partial charge < -0.3 is 4.90 Å². The van der Waals surface area contributed by atoms with Crippen LogP contribution in [0.4, 0.5) is 5.82 Å². The lowest BCUT2D eigenvalue weighted by molar-refractivity contribution is 0.658. The number of rotatable bonds is 6. The van der Waals surface area contributed by atoms with Crippen molar-refractivity contribution in [1.29, 1.82) is 0 Å². The molecule has 0 aliphatic rings. The van der Waals surface area contributed by atoms with Gasteiger partial charge in [0.05, 0.1) is 0 Å². The van der Waals surface area contributed by atoms with Crippen LogP contribution >= 0.6 is 27.7 Å². The van der Waals surface area contributed by atoms with E-state index in [9.17, 15) is 0 Å². The zero-order chi connectivity index (χ0) is 12.8. The minimum atomic E-state index is 0.494. The zero-order valence-electron chi connectivity index (χ0n) is 10.9. The van der Waals surface area contributed by atoms with Gasteiger partial charge in [-0.1, -0.05) is 6.92 Å². The summed E-state index contributed by atoms with van der Waals surface area (Å²) in [7, 11) is 2.10. The number of aromatic nitrogens is 2. The lowest BCUT2D eigenvalue weighted by atomic mass is 10.2. The Labute approximate surface area is 117 Å². The van der Waals surface area contributed by atoms with Gasteiger partial charge in [0.2, 0.25) is 0 Å². The standard InChI is InChI=1S/C12H20BrN3S/c1-5-11-14-10(13)8-12(15-11)16(3)9(2)6-7-17-4/h8-9H,5-7H2,1-4H3. The molecule has 1 aromatic rings. The summed E-state index contributed by atoms with van der Waals surface area (Å²) in [6.45, 7) is 4.31. The normalized spacial score (nSPS) is 12.5. The first kappa shape index (κ1) is 14.8. The number of halogens is 1. The number of hydrogen-bond donors (Lipinski definition) is 0. The third kappa shape index (κ3) is 4.47. The number of thioether (sulfide) groups is 1. The van der Waals surface area contributed by atoms with Crippen LogP contribution in [0.3, 0.4) is 0 Å². The number of aryl methyl sites for hydroxylation is 1. The van der Waals surface area contributed by atoms with Crippen molar-refractivity contribution in [2.75, 3.05) is 24.0 Å². The van der Waals surface area contributed by atoms with Gasteiger partial charge in [0.1, 0.15) is 16.2 Å². The van der Waals surface area contributed by atoms with Crippen molar-refractivity contribution in [2.45, 2.75) is 32.7 Å². The van der Waals surface area contributed by atoms with Gasteiger partial charge in [-0.15, -0.1) is 0 Å². The fourth-order valence-corrected chi connectivity index (χ4v) is 2.48. The second-order valence-corrected chi connectivity index (χ2v) is 5.86. The van der Waals surface area contributed by atoms with Crippen molar-refractivity contribution in [3.63, 3.8) is 0 Å². The van der Waals surface area contributed by atoms with Crippen molar-refractivity contribution in [2.24, 2.45) is 0 Å². The molecular formula is C12H20BrN3S. The fraction of sp³-hybridized carbons (Fsp3) is 0.667. The average Bonchev–Trinajstić information content (AvgIpc) is 2.34. The highest BCUT2D eigenvalue weighted by Gasteiger charge is 2.12. The van der Waals surface area contributed by atoms with Gasteiger partial charge in [-0.05, 0) is 41.3 Å². The van der Waals surface area contributed by atoms with Crippen LogP contribution in [0.2, 0.25) is 0 Å². The molecule has 17 heavy (non-hydrogen) atoms. The summed E-state index contributed by atoms with van der Waals surface area (Å²) in [5.41, 5.74) is 0. The summed E-state index contributed by atoms with van der Waals surface area (Å²) in [5, 5.41) is 0. The van der Waals surface area contributed by atoms with E-state index >= 15 is 0 Å². The third-order valence-corrected chi connectivity index (χ3v) is 3.86. The summed E-state index contributed by atoms with van der Waals surface area (Å²) in [4.78, 5) is 11.1. The molecule has 1 atom stereocenters. The average molecular weight is 318 g/mol. The first-order chi connectivity index (χ1) is 8.08. The molecule has 0 saturated heterocycles. The fourth-order valence-electron chi connectivity index (χ4n) is 1.50. The third-order valence-electron chi connectivity index (χ3n) is 2.81. The Bertz CT molecular complexity index is 360. The second kappa shape index (κ2) is 7.21. The Hall–Kier alpha value is -0.290. The second-order valence-electron chi connectivity index (χ2n) is 4.06. The Morgan fingerprint density at radius 1 is 1.47 bits per heavy atom. The molecule has 96 valence electrons. The largest absolute Gasteiger partial charge is 0.357 e. The van der Waals surface area contributed by atoms with E-state index in [1.165, 1.54) is 12.2 Å². The molecular weight excluding hydrogens is 298 g/mol. The molecule has 1 unspecified atom stereocenters. The summed E-state index contributed by atoms with van der Waals surface area (Å²) < 4.78 is 0.864. The molecule has 0 bridgehead atoms. The predicted molar refractivity (Wildman–Crippen MR) is 80.0 cm³/mol. The van der Waals surface area contributed by atoms with Crippen LogP contribution in [-0.2, 0) is 6.42 Å². The highest BCUT2D eigenvalue weighted by molar-refractivity contribution is 9.10. The molecule has 0 aliphatic carbocycles. The van der Waals surface area contributed by atoms with Gasteiger partial charge >= 0.3 is 0 Å². The van der Waals surface area contributed by atoms with E-state index in [0.29, 0.717) is 6.04 Å². The van der Waals surface area contributed by atoms with E-state index in [0.717, 1.165) is 22.7 Å². The number of nitrogens with zero attached hydrogens (tertiary/aromatic N) is 3. The molecule has 0 spiro atoms. The van der Waals surface area contributed by atoms with E-state index in [1.54, 1.807) is 0 Å². The minimum absolute atomic E-state index is 0.494. The van der Waals surface area contributed by atoms with Gasteiger partial charge in [0.25, 0.3) is 0 Å². The molecule has 3 nitrogen and oxygen atoms in total. The Kier molecular flexibility index (Phi) is 6.27. The lowest BCUT2D eigenvalue weighted by Gasteiger charge is -2.26. The molecule has 0 saturated carbocycles. The quantitative estimate of drug-likeness (QED) is 0.752. The Morgan fingerprint density at radius 2 is 2.18 bits per heavy atom. The highest BCUT2D eigenvalue weighted by Crippen LogP contribution is 2.19. The molecule has 0 fully saturated rings. The SMILES string of the molecule is CCc1nc(Br)cc(N(C)C(C)CCSC)n1. The van der Waals surface area contributed by atoms with Crippen LogP contribution in [-0.4, -0.2) is 35.1 Å². The van der Waals surface area contributed by atoms with Crippen LogP contribution in [0, 0.1) is 0 Å². The predicted octanol–water partition coefficient (Wildman–Crippen LogP) is 3.38. The molecule has 0 radical (unpaired) electrons. The Morgan fingerprint density at radius 3 is 2.76 bits per heavy atom. The first-order valence-electron chi connectivity index (χ1n) is 5.83. The number of hydrogen-bond acceptors (Lipinski definition) is 4. The summed E-state index contributed by atoms with van der Waals surface area (Å²) in [6, 6.07) is 2.48. The van der Waals surface area contributed by atoms with Gasteiger partial charge in [-0.3, -0.25) is 0 Å². The van der Waals surface area contributed by atoms with Crippen molar-refractivity contribution in [3.05, 3.63) is 16.5 Å². The molecule has 0 aromatic carbocycles. The molecule has 5 heteroatoms. The maximum atomic E-state index is 4.56. The molecule has 1 rings (SSSR count). The van der Waals surface area contributed by atoms with Crippen molar-refractivity contribution in [1.82, 2.24) is 9.97 Å². The van der Waals surface area contributed by atoms with Gasteiger partial charge in [-0.25, -0.2) is 9.97 Å². The van der Waals surface area contributed by atoms with E-state index in [-0.39, 0.29) is 0 Å². The topological polar surface area (TPSA) is 29.0 Å². The van der Waals surface area contributed by atoms with Gasteiger partial charge in [-0.2, -0.15) is 11.8 Å². The maximum Gasteiger partial charge on any atom is 0.133 e. The molecule has 1 aromatic heterocycles. The molecule has 0 aliphatic heterocycles. The van der Waals surface area contributed by atoms with Crippen molar-refractivity contribution >= 4 is 33.5 Å². The highest BCUT2D eigenvalue weighted by atomic mass is 79.9. The number of anilines is 1. The molecule has 0 amide bonds. The zero-order valence-corrected chi connectivity index (χ0v) is 13.3. The van der Waals surface area contributed by atoms with Gasteiger partial charge in [0.15, 0.2) is 0 Å². The van der Waals surface area contributed by atoms with Crippen LogP contribution in [0.15, 0.2) is 10.7 Å². The summed E-state index contributed by atoms with van der Waals surface area (Å²) in [6.07, 6.45) is 4.17. The monoisotopic (exact) mass is 317 g/mol. The first-order valence-corrected chi connectivity index (χ1v) is 8.02. The summed E-state index contributed by atoms with van der Waals surface area (Å²) in [5.74, 6) is 3.06.